The van der Waals surface area contributed by atoms with Gasteiger partial charge < -0.3 is 4.90 Å². The van der Waals surface area contributed by atoms with E-state index >= 15 is 0 Å². The molecule has 0 unspecified atom stereocenters. The standard InChI is InChI=1S/C23H27N5O2/c1-27-14-22(29)28(23(27)30)20-7-6-19(24-13-20)9-15-2-3-16(8-15)10-21-25-11-18(12-26-21)17-4-5-17/h6-7,11-13,15-17H,2-5,8-10,14H2,1H3/t15-,16-/m0/s1. The Morgan fingerprint density at radius 3 is 2.27 bits per heavy atom. The Hall–Kier alpha value is -2.83. The number of imide groups is 1. The van der Waals surface area contributed by atoms with Crippen LogP contribution < -0.4 is 4.90 Å². The number of hydrogen-bond donors (Lipinski definition) is 0. The van der Waals surface area contributed by atoms with E-state index in [0.717, 1.165) is 24.4 Å². The summed E-state index contributed by atoms with van der Waals surface area (Å²) >= 11 is 0. The summed E-state index contributed by atoms with van der Waals surface area (Å²) in [6, 6.07) is 3.49. The van der Waals surface area contributed by atoms with E-state index in [2.05, 4.69) is 15.0 Å². The van der Waals surface area contributed by atoms with Crippen molar-refractivity contribution < 1.29 is 9.59 Å². The van der Waals surface area contributed by atoms with Gasteiger partial charge in [-0.2, -0.15) is 0 Å². The Morgan fingerprint density at radius 1 is 0.933 bits per heavy atom. The molecule has 1 saturated heterocycles. The van der Waals surface area contributed by atoms with Crippen molar-refractivity contribution >= 4 is 17.6 Å². The summed E-state index contributed by atoms with van der Waals surface area (Å²) in [6.07, 6.45) is 13.7. The summed E-state index contributed by atoms with van der Waals surface area (Å²) in [5.41, 5.74) is 2.86. The van der Waals surface area contributed by atoms with E-state index in [4.69, 9.17) is 0 Å². The SMILES string of the molecule is CN1CC(=O)N(c2ccc(C[C@H]3CC[C@H](Cc4ncc(C5CC5)cn4)C3)nc2)C1=O. The van der Waals surface area contributed by atoms with Gasteiger partial charge in [-0.05, 0) is 74.0 Å². The molecule has 0 N–H and O–H groups in total. The number of aromatic nitrogens is 3. The molecule has 3 fully saturated rings. The van der Waals surface area contributed by atoms with Crippen LogP contribution >= 0.6 is 0 Å². The first-order chi connectivity index (χ1) is 14.6. The van der Waals surface area contributed by atoms with Gasteiger partial charge in [0.05, 0.1) is 11.9 Å². The first-order valence-electron chi connectivity index (χ1n) is 10.9. The highest BCUT2D eigenvalue weighted by Gasteiger charge is 2.35. The number of urea groups is 1. The Morgan fingerprint density at radius 2 is 1.67 bits per heavy atom. The van der Waals surface area contributed by atoms with Crippen LogP contribution in [0.15, 0.2) is 30.7 Å². The molecule has 7 heteroatoms. The van der Waals surface area contributed by atoms with E-state index in [9.17, 15) is 9.59 Å². The van der Waals surface area contributed by atoms with Crippen molar-refractivity contribution in [3.8, 4) is 0 Å². The molecule has 3 amide bonds. The lowest BCUT2D eigenvalue weighted by Gasteiger charge is -2.15. The van der Waals surface area contributed by atoms with Gasteiger partial charge in [-0.1, -0.05) is 0 Å². The minimum absolute atomic E-state index is 0.122. The quantitative estimate of drug-likeness (QED) is 0.689. The van der Waals surface area contributed by atoms with E-state index < -0.39 is 0 Å². The van der Waals surface area contributed by atoms with Gasteiger partial charge in [0, 0.05) is 31.6 Å². The molecule has 0 bridgehead atoms. The normalized spacial score (nSPS) is 24.2. The lowest BCUT2D eigenvalue weighted by atomic mass is 9.97. The molecular formula is C23H27N5O2. The van der Waals surface area contributed by atoms with E-state index in [1.54, 1.807) is 13.2 Å². The van der Waals surface area contributed by atoms with Crippen LogP contribution in [0.25, 0.3) is 0 Å². The molecule has 2 aromatic rings. The second-order valence-electron chi connectivity index (χ2n) is 9.04. The molecule has 156 valence electrons. The number of hydrogen-bond acceptors (Lipinski definition) is 5. The van der Waals surface area contributed by atoms with Crippen LogP contribution in [0.4, 0.5) is 10.5 Å². The Balaban J connectivity index is 1.15. The fourth-order valence-electron chi connectivity index (χ4n) is 4.74. The van der Waals surface area contributed by atoms with Crippen LogP contribution in [0.3, 0.4) is 0 Å². The lowest BCUT2D eigenvalue weighted by molar-refractivity contribution is -0.116. The summed E-state index contributed by atoms with van der Waals surface area (Å²) in [4.78, 5) is 40.5. The Labute approximate surface area is 176 Å². The van der Waals surface area contributed by atoms with Crippen LogP contribution in [0, 0.1) is 11.8 Å². The second-order valence-corrected chi connectivity index (χ2v) is 9.04. The average Bonchev–Trinajstić information content (AvgIpc) is 3.45. The molecule has 0 radical (unpaired) electrons. The van der Waals surface area contributed by atoms with Crippen molar-refractivity contribution in [3.05, 3.63) is 47.8 Å². The monoisotopic (exact) mass is 405 g/mol. The molecule has 7 nitrogen and oxygen atoms in total. The number of carbonyl (C=O) groups excluding carboxylic acids is 2. The molecule has 2 atom stereocenters. The van der Waals surface area contributed by atoms with Crippen LogP contribution in [0.1, 0.15) is 55.1 Å². The highest BCUT2D eigenvalue weighted by atomic mass is 16.2. The van der Waals surface area contributed by atoms with Crippen molar-refractivity contribution in [2.45, 2.75) is 50.9 Å². The topological polar surface area (TPSA) is 79.3 Å². The minimum Gasteiger partial charge on any atom is -0.318 e. The highest BCUT2D eigenvalue weighted by molar-refractivity contribution is 6.19. The predicted molar refractivity (Wildman–Crippen MR) is 112 cm³/mol. The number of amides is 3. The largest absolute Gasteiger partial charge is 0.331 e. The second kappa shape index (κ2) is 7.78. The maximum absolute atomic E-state index is 12.1. The smallest absolute Gasteiger partial charge is 0.318 e. The summed E-state index contributed by atoms with van der Waals surface area (Å²) in [6.45, 7) is 0.122. The molecule has 2 saturated carbocycles. The highest BCUT2D eigenvalue weighted by Crippen LogP contribution is 2.39. The van der Waals surface area contributed by atoms with Crippen molar-refractivity contribution in [1.82, 2.24) is 19.9 Å². The third-order valence-electron chi connectivity index (χ3n) is 6.60. The third kappa shape index (κ3) is 3.93. The van der Waals surface area contributed by atoms with E-state index in [0.29, 0.717) is 23.4 Å². The van der Waals surface area contributed by atoms with Crippen molar-refractivity contribution in [3.63, 3.8) is 0 Å². The molecule has 30 heavy (non-hydrogen) atoms. The summed E-state index contributed by atoms with van der Waals surface area (Å²) in [5, 5.41) is 0. The van der Waals surface area contributed by atoms with Gasteiger partial charge in [-0.3, -0.25) is 9.78 Å². The van der Waals surface area contributed by atoms with Crippen LogP contribution in [0.5, 0.6) is 0 Å². The maximum Gasteiger partial charge on any atom is 0.331 e. The molecule has 5 rings (SSSR count). The minimum atomic E-state index is -0.291. The Bertz CT molecular complexity index is 939. The summed E-state index contributed by atoms with van der Waals surface area (Å²) < 4.78 is 0. The fourth-order valence-corrected chi connectivity index (χ4v) is 4.74. The molecule has 1 aliphatic heterocycles. The number of carbonyl (C=O) groups is 2. The number of nitrogens with zero attached hydrogens (tertiary/aromatic N) is 5. The van der Waals surface area contributed by atoms with E-state index in [-0.39, 0.29) is 18.5 Å². The fraction of sp³-hybridized carbons (Fsp3) is 0.522. The van der Waals surface area contributed by atoms with Gasteiger partial charge in [0.15, 0.2) is 0 Å². The molecule has 0 spiro atoms. The number of rotatable bonds is 6. The molecule has 2 aliphatic carbocycles. The lowest BCUT2D eigenvalue weighted by Crippen LogP contribution is -2.31. The molecule has 2 aromatic heterocycles. The van der Waals surface area contributed by atoms with Gasteiger partial charge in [-0.25, -0.2) is 19.7 Å². The third-order valence-corrected chi connectivity index (χ3v) is 6.60. The van der Waals surface area contributed by atoms with Gasteiger partial charge >= 0.3 is 6.03 Å². The van der Waals surface area contributed by atoms with Crippen molar-refractivity contribution in [2.75, 3.05) is 18.5 Å². The summed E-state index contributed by atoms with van der Waals surface area (Å²) in [5.74, 6) is 2.72. The molecule has 0 aromatic carbocycles. The first kappa shape index (κ1) is 19.2. The first-order valence-corrected chi connectivity index (χ1v) is 10.9. The predicted octanol–water partition coefficient (Wildman–Crippen LogP) is 3.35. The van der Waals surface area contributed by atoms with E-state index in [1.807, 2.05) is 24.5 Å². The van der Waals surface area contributed by atoms with E-state index in [1.165, 1.54) is 47.5 Å². The average molecular weight is 406 g/mol. The zero-order valence-corrected chi connectivity index (χ0v) is 17.3. The van der Waals surface area contributed by atoms with Crippen molar-refractivity contribution in [2.24, 2.45) is 11.8 Å². The van der Waals surface area contributed by atoms with Crippen LogP contribution in [-0.4, -0.2) is 45.4 Å². The van der Waals surface area contributed by atoms with Crippen molar-refractivity contribution in [1.29, 1.82) is 0 Å². The van der Waals surface area contributed by atoms with Gasteiger partial charge in [0.2, 0.25) is 0 Å². The number of likely N-dealkylation sites (N-methyl/N-ethyl adjacent to an activating group) is 1. The van der Waals surface area contributed by atoms with Crippen LogP contribution in [-0.2, 0) is 17.6 Å². The maximum atomic E-state index is 12.1. The number of pyridine rings is 1. The van der Waals surface area contributed by atoms with Crippen LogP contribution in [0.2, 0.25) is 0 Å². The summed E-state index contributed by atoms with van der Waals surface area (Å²) in [7, 11) is 1.63. The van der Waals surface area contributed by atoms with Gasteiger partial charge in [-0.15, -0.1) is 0 Å². The molecule has 3 heterocycles. The van der Waals surface area contributed by atoms with Gasteiger partial charge in [0.1, 0.15) is 12.4 Å². The zero-order chi connectivity index (χ0) is 20.7. The Kier molecular flexibility index (Phi) is 4.97. The van der Waals surface area contributed by atoms with Gasteiger partial charge in [0.25, 0.3) is 5.91 Å². The molecular weight excluding hydrogens is 378 g/mol. The number of anilines is 1. The zero-order valence-electron chi connectivity index (χ0n) is 17.3. The molecule has 3 aliphatic rings.